The van der Waals surface area contributed by atoms with Gasteiger partial charge >= 0.3 is 28.4 Å². The molecule has 4 heteroatoms. The van der Waals surface area contributed by atoms with Gasteiger partial charge in [-0.15, -0.1) is 0 Å². The Morgan fingerprint density at radius 2 is 1.38 bits per heavy atom. The van der Waals surface area contributed by atoms with Gasteiger partial charge < -0.3 is 4.74 Å². The van der Waals surface area contributed by atoms with Gasteiger partial charge in [-0.1, -0.05) is 0 Å². The van der Waals surface area contributed by atoms with Crippen LogP contribution in [0, 0.1) is 0 Å². The van der Waals surface area contributed by atoms with E-state index in [-0.39, 0.29) is 16.5 Å². The summed E-state index contributed by atoms with van der Waals surface area (Å²) in [6.45, 7) is 2.36. The fourth-order valence-corrected chi connectivity index (χ4v) is 0.202. The zero-order valence-corrected chi connectivity index (χ0v) is 5.53. The van der Waals surface area contributed by atoms with Crippen LogP contribution in [0.25, 0.3) is 0 Å². The van der Waals surface area contributed by atoms with Crippen LogP contribution in [-0.4, -0.2) is 11.9 Å². The number of esters is 2. The van der Waals surface area contributed by atoms with Gasteiger partial charge in [0.05, 0.1) is 0 Å². The molecule has 0 aromatic heterocycles. The van der Waals surface area contributed by atoms with Gasteiger partial charge in [0.25, 0.3) is 0 Å². The second-order valence-corrected chi connectivity index (χ2v) is 1.09. The average molecular weight is 161 g/mol. The number of hydrogen-bond acceptors (Lipinski definition) is 3. The smallest absolute Gasteiger partial charge is 0.394 e. The first-order chi connectivity index (χ1) is 3.13. The largest absolute Gasteiger partial charge is 2.00 e. The van der Waals surface area contributed by atoms with Crippen molar-refractivity contribution in [3.63, 3.8) is 0 Å². The Hall–Kier alpha value is -0.366. The Morgan fingerprint density at radius 3 is 1.38 bits per heavy atom. The predicted octanol–water partition coefficient (Wildman–Crippen LogP) is 0.0935. The van der Waals surface area contributed by atoms with Gasteiger partial charge in [0, 0.05) is 13.8 Å². The van der Waals surface area contributed by atoms with E-state index in [1.165, 1.54) is 13.8 Å². The minimum atomic E-state index is -0.562. The Kier molecular flexibility index (Phi) is 6.33. The molecule has 0 radical (unpaired) electrons. The van der Waals surface area contributed by atoms with Crippen LogP contribution in [0.2, 0.25) is 0 Å². The third-order valence-corrected chi connectivity index (χ3v) is 0.287. The Bertz CT molecular complexity index is 87.5. The van der Waals surface area contributed by atoms with Crippen LogP contribution >= 0.6 is 0 Å². The second-order valence-electron chi connectivity index (χ2n) is 1.09. The van der Waals surface area contributed by atoms with Crippen molar-refractivity contribution in [3.8, 4) is 0 Å². The number of rotatable bonds is 0. The van der Waals surface area contributed by atoms with Crippen LogP contribution < -0.4 is 0 Å². The third kappa shape index (κ3) is 9.16. The summed E-state index contributed by atoms with van der Waals surface area (Å²) in [6, 6.07) is 0. The summed E-state index contributed by atoms with van der Waals surface area (Å²) in [7, 11) is 0. The molecule has 0 aliphatic heterocycles. The van der Waals surface area contributed by atoms with Crippen molar-refractivity contribution >= 4 is 11.9 Å². The third-order valence-electron chi connectivity index (χ3n) is 0.287. The van der Waals surface area contributed by atoms with Crippen molar-refractivity contribution < 1.29 is 30.8 Å². The van der Waals surface area contributed by atoms with Crippen LogP contribution in [0.15, 0.2) is 0 Å². The molecule has 0 aliphatic carbocycles. The number of carbonyl (C=O) groups is 2. The van der Waals surface area contributed by atoms with Crippen molar-refractivity contribution in [3.05, 3.63) is 0 Å². The quantitative estimate of drug-likeness (QED) is 0.287. The van der Waals surface area contributed by atoms with E-state index in [2.05, 4.69) is 4.74 Å². The zero-order valence-electron chi connectivity index (χ0n) is 4.54. The van der Waals surface area contributed by atoms with Crippen molar-refractivity contribution in [2.45, 2.75) is 13.8 Å². The fraction of sp³-hybridized carbons (Fsp3) is 0.500. The van der Waals surface area contributed by atoms with E-state index in [4.69, 9.17) is 0 Å². The molecule has 0 saturated carbocycles. The first-order valence-corrected chi connectivity index (χ1v) is 1.82. The van der Waals surface area contributed by atoms with Gasteiger partial charge in [0.15, 0.2) is 0 Å². The summed E-state index contributed by atoms with van der Waals surface area (Å²) in [4.78, 5) is 19.6. The molecule has 0 amide bonds. The molecule has 0 aromatic rings. The first-order valence-electron chi connectivity index (χ1n) is 1.82. The molecule has 48 valence electrons. The molecule has 3 nitrogen and oxygen atoms in total. The molecule has 0 aromatic carbocycles. The van der Waals surface area contributed by atoms with E-state index < -0.39 is 11.9 Å². The molecule has 0 heterocycles. The summed E-state index contributed by atoms with van der Waals surface area (Å²) >= 11 is 0. The van der Waals surface area contributed by atoms with Crippen molar-refractivity contribution in [2.75, 3.05) is 0 Å². The molecule has 0 spiro atoms. The SMILES string of the molecule is CC(=O)OC(C)=O.[Ni+2]. The maximum atomic E-state index is 9.81. The van der Waals surface area contributed by atoms with Gasteiger partial charge in [-0.2, -0.15) is 0 Å². The molecule has 0 rings (SSSR count). The van der Waals surface area contributed by atoms with E-state index in [1.807, 2.05) is 0 Å². The molecule has 8 heavy (non-hydrogen) atoms. The summed E-state index contributed by atoms with van der Waals surface area (Å²) in [5.74, 6) is -1.12. The van der Waals surface area contributed by atoms with Gasteiger partial charge in [0.1, 0.15) is 0 Å². The van der Waals surface area contributed by atoms with Gasteiger partial charge in [-0.3, -0.25) is 9.59 Å². The van der Waals surface area contributed by atoms with Crippen molar-refractivity contribution in [1.29, 1.82) is 0 Å². The Balaban J connectivity index is 0. The first kappa shape index (κ1) is 10.6. The standard InChI is InChI=1S/C4H6O3.Ni/c1-3(5)7-4(2)6;/h1-2H3;/q;+2. The minimum Gasteiger partial charge on any atom is -0.394 e. The fourth-order valence-electron chi connectivity index (χ4n) is 0.202. The monoisotopic (exact) mass is 160 g/mol. The van der Waals surface area contributed by atoms with E-state index in [0.29, 0.717) is 0 Å². The van der Waals surface area contributed by atoms with E-state index in [1.54, 1.807) is 0 Å². The van der Waals surface area contributed by atoms with Crippen LogP contribution in [0.1, 0.15) is 13.8 Å². The zero-order chi connectivity index (χ0) is 5.86. The van der Waals surface area contributed by atoms with Gasteiger partial charge in [-0.05, 0) is 0 Å². The van der Waals surface area contributed by atoms with Crippen LogP contribution in [0.3, 0.4) is 0 Å². The van der Waals surface area contributed by atoms with Crippen molar-refractivity contribution in [2.24, 2.45) is 0 Å². The molecule has 0 saturated heterocycles. The molecule has 0 unspecified atom stereocenters. The van der Waals surface area contributed by atoms with E-state index >= 15 is 0 Å². The van der Waals surface area contributed by atoms with Crippen LogP contribution in [0.5, 0.6) is 0 Å². The summed E-state index contributed by atoms with van der Waals surface area (Å²) < 4.78 is 3.97. The minimum absolute atomic E-state index is 0. The number of carbonyl (C=O) groups excluding carboxylic acids is 2. The number of hydrogen-bond donors (Lipinski definition) is 0. The molecular formula is C4H6NiO3+2. The molecule has 0 aliphatic rings. The Morgan fingerprint density at radius 1 is 1.12 bits per heavy atom. The van der Waals surface area contributed by atoms with E-state index in [0.717, 1.165) is 0 Å². The van der Waals surface area contributed by atoms with Crippen molar-refractivity contribution in [1.82, 2.24) is 0 Å². The summed E-state index contributed by atoms with van der Waals surface area (Å²) in [5.41, 5.74) is 0. The molecule has 0 atom stereocenters. The molecule has 0 bridgehead atoms. The summed E-state index contributed by atoms with van der Waals surface area (Å²) in [6.07, 6.45) is 0. The molecule has 0 N–H and O–H groups in total. The maximum absolute atomic E-state index is 9.81. The van der Waals surface area contributed by atoms with Gasteiger partial charge in [0.2, 0.25) is 0 Å². The van der Waals surface area contributed by atoms with Crippen LogP contribution in [0.4, 0.5) is 0 Å². The van der Waals surface area contributed by atoms with Crippen LogP contribution in [-0.2, 0) is 30.8 Å². The Labute approximate surface area is 57.3 Å². The topological polar surface area (TPSA) is 43.4 Å². The maximum Gasteiger partial charge on any atom is 2.00 e. The summed E-state index contributed by atoms with van der Waals surface area (Å²) in [5, 5.41) is 0. The number of ether oxygens (including phenoxy) is 1. The second kappa shape index (κ2) is 4.78. The average Bonchev–Trinajstić information content (AvgIpc) is 1.27. The molecule has 0 fully saturated rings. The molecular weight excluding hydrogens is 155 g/mol. The van der Waals surface area contributed by atoms with Gasteiger partial charge in [-0.25, -0.2) is 0 Å². The van der Waals surface area contributed by atoms with E-state index in [9.17, 15) is 9.59 Å². The predicted molar refractivity (Wildman–Crippen MR) is 22.4 cm³/mol. The normalized spacial score (nSPS) is 6.75.